The molecule has 0 aliphatic carbocycles. The molecule has 0 spiro atoms. The minimum Gasteiger partial charge on any atom is -0.490 e. The van der Waals surface area contributed by atoms with E-state index in [1.54, 1.807) is 25.1 Å². The largest absolute Gasteiger partial charge is 0.490 e. The van der Waals surface area contributed by atoms with Crippen LogP contribution in [0.2, 0.25) is 0 Å². The highest BCUT2D eigenvalue weighted by Gasteiger charge is 2.13. The van der Waals surface area contributed by atoms with Gasteiger partial charge in [-0.3, -0.25) is 4.79 Å². The van der Waals surface area contributed by atoms with Crippen LogP contribution in [0.1, 0.15) is 32.8 Å². The van der Waals surface area contributed by atoms with Crippen molar-refractivity contribution in [1.29, 1.82) is 5.26 Å². The van der Waals surface area contributed by atoms with Gasteiger partial charge in [0.2, 0.25) is 0 Å². The number of hydrogen-bond acceptors (Lipinski definition) is 5. The highest BCUT2D eigenvalue weighted by atomic mass is 16.5. The average Bonchev–Trinajstić information content (AvgIpc) is 2.58. The van der Waals surface area contributed by atoms with Gasteiger partial charge in [0.25, 0.3) is 5.91 Å². The van der Waals surface area contributed by atoms with E-state index in [1.165, 1.54) is 6.08 Å². The Balaban J connectivity index is 3.06. The molecule has 0 bridgehead atoms. The molecule has 1 atom stereocenters. The van der Waals surface area contributed by atoms with Crippen LogP contribution in [0.15, 0.2) is 23.8 Å². The quantitative estimate of drug-likeness (QED) is 0.525. The van der Waals surface area contributed by atoms with E-state index in [4.69, 9.17) is 14.6 Å². The Morgan fingerprint density at radius 2 is 2.04 bits per heavy atom. The van der Waals surface area contributed by atoms with Crippen LogP contribution >= 0.6 is 0 Å². The fraction of sp³-hybridized carbons (Fsp3) is 0.389. The van der Waals surface area contributed by atoms with Crippen LogP contribution in [0.4, 0.5) is 0 Å². The van der Waals surface area contributed by atoms with Crippen molar-refractivity contribution in [3.63, 3.8) is 0 Å². The summed E-state index contributed by atoms with van der Waals surface area (Å²) in [6, 6.07) is 6.61. The van der Waals surface area contributed by atoms with Crippen LogP contribution in [0, 0.1) is 11.3 Å². The predicted octanol–water partition coefficient (Wildman–Crippen LogP) is 2.37. The first-order chi connectivity index (χ1) is 11.9. The molecule has 0 aliphatic heterocycles. The van der Waals surface area contributed by atoms with E-state index in [0.717, 1.165) is 6.42 Å². The van der Waals surface area contributed by atoms with E-state index in [0.29, 0.717) is 17.9 Å². The topological polar surface area (TPSA) is 109 Å². The molecule has 1 rings (SSSR count). The third-order valence-electron chi connectivity index (χ3n) is 3.28. The van der Waals surface area contributed by atoms with Gasteiger partial charge in [-0.15, -0.1) is 0 Å². The number of rotatable bonds is 9. The molecule has 7 heteroatoms. The van der Waals surface area contributed by atoms with Gasteiger partial charge in [0.15, 0.2) is 18.1 Å². The summed E-state index contributed by atoms with van der Waals surface area (Å²) < 4.78 is 10.6. The molecule has 0 saturated heterocycles. The van der Waals surface area contributed by atoms with Crippen LogP contribution in [-0.2, 0) is 9.59 Å². The van der Waals surface area contributed by atoms with Crippen molar-refractivity contribution in [3.8, 4) is 17.6 Å². The van der Waals surface area contributed by atoms with Crippen LogP contribution in [-0.4, -0.2) is 36.2 Å². The first-order valence-electron chi connectivity index (χ1n) is 7.95. The molecule has 0 aromatic heterocycles. The van der Waals surface area contributed by atoms with Crippen molar-refractivity contribution in [2.24, 2.45) is 0 Å². The van der Waals surface area contributed by atoms with Crippen molar-refractivity contribution in [2.45, 2.75) is 33.2 Å². The van der Waals surface area contributed by atoms with Crippen LogP contribution in [0.25, 0.3) is 6.08 Å². The minimum absolute atomic E-state index is 0.0260. The molecule has 0 saturated carbocycles. The smallest absolute Gasteiger partial charge is 0.341 e. The number of carboxylic acid groups (broad SMARTS) is 1. The maximum absolute atomic E-state index is 12.1. The zero-order valence-corrected chi connectivity index (χ0v) is 14.5. The molecule has 0 fully saturated rings. The highest BCUT2D eigenvalue weighted by molar-refractivity contribution is 6.01. The van der Waals surface area contributed by atoms with Crippen molar-refractivity contribution < 1.29 is 24.2 Å². The lowest BCUT2D eigenvalue weighted by molar-refractivity contribution is -0.139. The van der Waals surface area contributed by atoms with Crippen molar-refractivity contribution in [3.05, 3.63) is 29.3 Å². The van der Waals surface area contributed by atoms with Gasteiger partial charge in [-0.2, -0.15) is 5.26 Å². The SMILES string of the molecule is CCOc1cc(/C=C(\C#N)C(=O)N[C@H](C)CC)ccc1OCC(=O)O. The van der Waals surface area contributed by atoms with E-state index in [2.05, 4.69) is 5.32 Å². The molecule has 25 heavy (non-hydrogen) atoms. The molecular formula is C18H22N2O5. The Bertz CT molecular complexity index is 691. The Hall–Kier alpha value is -3.01. The number of carboxylic acids is 1. The standard InChI is InChI=1S/C18H22N2O5/c1-4-12(3)20-18(23)14(10-19)8-13-6-7-15(25-11-17(21)22)16(9-13)24-5-2/h6-9,12H,4-5,11H2,1-3H3,(H,20,23)(H,21,22)/b14-8+/t12-/m1/s1. The first kappa shape index (κ1) is 20.0. The van der Waals surface area contributed by atoms with Crippen LogP contribution < -0.4 is 14.8 Å². The summed E-state index contributed by atoms with van der Waals surface area (Å²) in [5, 5.41) is 20.6. The second-order valence-corrected chi connectivity index (χ2v) is 5.27. The summed E-state index contributed by atoms with van der Waals surface area (Å²) in [7, 11) is 0. The molecule has 2 N–H and O–H groups in total. The minimum atomic E-state index is -1.10. The summed E-state index contributed by atoms with van der Waals surface area (Å²) >= 11 is 0. The predicted molar refractivity (Wildman–Crippen MR) is 92.2 cm³/mol. The number of hydrogen-bond donors (Lipinski definition) is 2. The summed E-state index contributed by atoms with van der Waals surface area (Å²) in [5.74, 6) is -0.915. The number of benzene rings is 1. The number of nitriles is 1. The lowest BCUT2D eigenvalue weighted by atomic mass is 10.1. The Morgan fingerprint density at radius 3 is 2.60 bits per heavy atom. The number of amides is 1. The van der Waals surface area contributed by atoms with Gasteiger partial charge in [0.1, 0.15) is 11.6 Å². The first-order valence-corrected chi connectivity index (χ1v) is 7.95. The molecule has 1 aromatic carbocycles. The monoisotopic (exact) mass is 346 g/mol. The fourth-order valence-corrected chi connectivity index (χ4v) is 1.86. The van der Waals surface area contributed by atoms with Gasteiger partial charge < -0.3 is 19.9 Å². The molecule has 0 aliphatic rings. The van der Waals surface area contributed by atoms with Gasteiger partial charge in [0, 0.05) is 6.04 Å². The van der Waals surface area contributed by atoms with Gasteiger partial charge in [-0.05, 0) is 44.0 Å². The van der Waals surface area contributed by atoms with Crippen LogP contribution in [0.3, 0.4) is 0 Å². The van der Waals surface area contributed by atoms with Gasteiger partial charge in [0.05, 0.1) is 6.61 Å². The third-order valence-corrected chi connectivity index (χ3v) is 3.28. The molecule has 0 heterocycles. The normalized spacial score (nSPS) is 12.0. The number of carbonyl (C=O) groups is 2. The zero-order valence-electron chi connectivity index (χ0n) is 14.5. The van der Waals surface area contributed by atoms with Gasteiger partial charge >= 0.3 is 5.97 Å². The van der Waals surface area contributed by atoms with Gasteiger partial charge in [-0.1, -0.05) is 13.0 Å². The molecule has 134 valence electrons. The number of ether oxygens (including phenoxy) is 2. The van der Waals surface area contributed by atoms with E-state index in [9.17, 15) is 14.9 Å². The highest BCUT2D eigenvalue weighted by Crippen LogP contribution is 2.29. The molecule has 1 amide bonds. The Kier molecular flexibility index (Phi) is 8.00. The fourth-order valence-electron chi connectivity index (χ4n) is 1.86. The maximum Gasteiger partial charge on any atom is 0.341 e. The van der Waals surface area contributed by atoms with E-state index >= 15 is 0 Å². The van der Waals surface area contributed by atoms with Crippen molar-refractivity contribution in [1.82, 2.24) is 5.32 Å². The summed E-state index contributed by atoms with van der Waals surface area (Å²) in [4.78, 5) is 22.7. The molecular weight excluding hydrogens is 324 g/mol. The number of carbonyl (C=O) groups excluding carboxylic acids is 1. The maximum atomic E-state index is 12.1. The second kappa shape index (κ2) is 9.98. The van der Waals surface area contributed by atoms with E-state index < -0.39 is 18.5 Å². The number of aliphatic carboxylic acids is 1. The molecule has 1 aromatic rings. The number of nitrogens with zero attached hydrogens (tertiary/aromatic N) is 1. The molecule has 0 radical (unpaired) electrons. The average molecular weight is 346 g/mol. The van der Waals surface area contributed by atoms with Gasteiger partial charge in [-0.25, -0.2) is 4.79 Å². The summed E-state index contributed by atoms with van der Waals surface area (Å²) in [5.41, 5.74) is 0.545. The summed E-state index contributed by atoms with van der Waals surface area (Å²) in [6.07, 6.45) is 2.20. The lowest BCUT2D eigenvalue weighted by Gasteiger charge is -2.12. The lowest BCUT2D eigenvalue weighted by Crippen LogP contribution is -2.32. The second-order valence-electron chi connectivity index (χ2n) is 5.27. The summed E-state index contributed by atoms with van der Waals surface area (Å²) in [6.45, 7) is 5.44. The number of nitrogens with one attached hydrogen (secondary N) is 1. The van der Waals surface area contributed by atoms with Crippen LogP contribution in [0.5, 0.6) is 11.5 Å². The molecule has 7 nitrogen and oxygen atoms in total. The zero-order chi connectivity index (χ0) is 18.8. The molecule has 0 unspecified atom stereocenters. The van der Waals surface area contributed by atoms with E-state index in [1.807, 2.05) is 19.9 Å². The van der Waals surface area contributed by atoms with Crippen molar-refractivity contribution >= 4 is 18.0 Å². The third kappa shape index (κ3) is 6.55. The van der Waals surface area contributed by atoms with E-state index in [-0.39, 0.29) is 17.4 Å². The van der Waals surface area contributed by atoms with Crippen molar-refractivity contribution in [2.75, 3.05) is 13.2 Å². The Labute approximate surface area is 146 Å². The Morgan fingerprint density at radius 1 is 1.32 bits per heavy atom.